The molecule has 1 aromatic carbocycles. The molecule has 2 unspecified atom stereocenters. The topological polar surface area (TPSA) is 24.9 Å². The Bertz CT molecular complexity index is 562. The molecule has 0 spiro atoms. The molecule has 1 aromatic heterocycles. The van der Waals surface area contributed by atoms with Gasteiger partial charge in [0, 0.05) is 23.2 Å². The summed E-state index contributed by atoms with van der Waals surface area (Å²) in [5.41, 5.74) is 6.43. The third-order valence-electron chi connectivity index (χ3n) is 4.25. The molecule has 0 amide bonds. The van der Waals surface area contributed by atoms with E-state index in [-0.39, 0.29) is 0 Å². The first kappa shape index (κ1) is 13.8. The first-order valence-electron chi connectivity index (χ1n) is 7.50. The van der Waals surface area contributed by atoms with Gasteiger partial charge in [-0.25, -0.2) is 0 Å². The summed E-state index contributed by atoms with van der Waals surface area (Å²) in [6, 6.07) is 7.76. The van der Waals surface area contributed by atoms with E-state index < -0.39 is 0 Å². The number of nitrogens with zero attached hydrogens (tertiary/aromatic N) is 1. The van der Waals surface area contributed by atoms with Crippen molar-refractivity contribution < 1.29 is 0 Å². The molecule has 0 radical (unpaired) electrons. The first-order valence-corrected chi connectivity index (χ1v) is 8.38. The molecule has 2 atom stereocenters. The van der Waals surface area contributed by atoms with Crippen molar-refractivity contribution in [2.24, 2.45) is 0 Å². The minimum Gasteiger partial charge on any atom is -0.303 e. The second-order valence-corrected chi connectivity index (χ2v) is 6.67. The fraction of sp³-hybridized carbons (Fsp3) is 0.471. The second-order valence-electron chi connectivity index (χ2n) is 5.75. The highest BCUT2D eigenvalue weighted by molar-refractivity contribution is 7.09. The molecule has 0 bridgehead atoms. The number of rotatable bonds is 4. The van der Waals surface area contributed by atoms with E-state index >= 15 is 0 Å². The van der Waals surface area contributed by atoms with Crippen LogP contribution in [0.5, 0.6) is 0 Å². The summed E-state index contributed by atoms with van der Waals surface area (Å²) in [4.78, 5) is 5.46. The Morgan fingerprint density at radius 3 is 2.65 bits per heavy atom. The fourth-order valence-corrected chi connectivity index (χ4v) is 3.65. The van der Waals surface area contributed by atoms with Gasteiger partial charge in [0.2, 0.25) is 0 Å². The average Bonchev–Trinajstić information content (AvgIpc) is 3.01. The molecule has 0 saturated heterocycles. The van der Waals surface area contributed by atoms with Gasteiger partial charge in [-0.3, -0.25) is 4.98 Å². The third kappa shape index (κ3) is 2.94. The number of hydrogen-bond donors (Lipinski definition) is 1. The quantitative estimate of drug-likeness (QED) is 0.899. The van der Waals surface area contributed by atoms with E-state index in [1.165, 1.54) is 36.1 Å². The minimum absolute atomic E-state index is 0.355. The van der Waals surface area contributed by atoms with Crippen molar-refractivity contribution in [1.29, 1.82) is 0 Å². The second kappa shape index (κ2) is 6.06. The molecule has 2 aromatic rings. The molecule has 0 fully saturated rings. The van der Waals surface area contributed by atoms with Crippen molar-refractivity contribution in [2.45, 2.75) is 51.6 Å². The smallest absolute Gasteiger partial charge is 0.0794 e. The number of thiazole rings is 1. The lowest BCUT2D eigenvalue weighted by Gasteiger charge is -2.22. The van der Waals surface area contributed by atoms with Crippen LogP contribution in [0.25, 0.3) is 0 Å². The number of fused-ring (bicyclic) bond motifs is 1. The van der Waals surface area contributed by atoms with Crippen LogP contribution < -0.4 is 5.32 Å². The lowest BCUT2D eigenvalue weighted by atomic mass is 9.89. The molecule has 106 valence electrons. The Labute approximate surface area is 125 Å². The van der Waals surface area contributed by atoms with Gasteiger partial charge in [-0.05, 0) is 56.2 Å². The number of aryl methyl sites for hydroxylation is 2. The average molecular weight is 286 g/mol. The monoisotopic (exact) mass is 286 g/mol. The van der Waals surface area contributed by atoms with Crippen molar-refractivity contribution in [3.63, 3.8) is 0 Å². The zero-order chi connectivity index (χ0) is 13.9. The van der Waals surface area contributed by atoms with Crippen LogP contribution in [0.15, 0.2) is 29.9 Å². The van der Waals surface area contributed by atoms with Gasteiger partial charge >= 0.3 is 0 Å². The third-order valence-corrected chi connectivity index (χ3v) is 5.21. The molecule has 3 rings (SSSR count). The van der Waals surface area contributed by atoms with E-state index in [0.717, 1.165) is 0 Å². The van der Waals surface area contributed by atoms with Crippen LogP contribution in [0.4, 0.5) is 0 Å². The Balaban J connectivity index is 1.72. The van der Waals surface area contributed by atoms with E-state index in [9.17, 15) is 0 Å². The van der Waals surface area contributed by atoms with Crippen LogP contribution >= 0.6 is 11.3 Å². The highest BCUT2D eigenvalue weighted by Crippen LogP contribution is 2.26. The van der Waals surface area contributed by atoms with Gasteiger partial charge in [0.15, 0.2) is 0 Å². The molecule has 1 aliphatic carbocycles. The lowest BCUT2D eigenvalue weighted by Crippen LogP contribution is -2.22. The zero-order valence-corrected chi connectivity index (χ0v) is 13.0. The SMILES string of the molecule is CC(NC(C)c1cncs1)c1ccc2c(c1)CCCC2. The van der Waals surface area contributed by atoms with E-state index in [1.807, 2.05) is 11.7 Å². The van der Waals surface area contributed by atoms with Crippen molar-refractivity contribution in [3.8, 4) is 0 Å². The summed E-state index contributed by atoms with van der Waals surface area (Å²) in [6.07, 6.45) is 7.16. The summed E-state index contributed by atoms with van der Waals surface area (Å²) in [7, 11) is 0. The summed E-state index contributed by atoms with van der Waals surface area (Å²) in [6.45, 7) is 4.46. The molecule has 2 nitrogen and oxygen atoms in total. The highest BCUT2D eigenvalue weighted by atomic mass is 32.1. The van der Waals surface area contributed by atoms with Gasteiger partial charge in [-0.15, -0.1) is 11.3 Å². The van der Waals surface area contributed by atoms with Crippen molar-refractivity contribution in [3.05, 3.63) is 51.5 Å². The van der Waals surface area contributed by atoms with Crippen LogP contribution in [-0.2, 0) is 12.8 Å². The van der Waals surface area contributed by atoms with Gasteiger partial charge in [0.1, 0.15) is 0 Å². The molecule has 0 saturated carbocycles. The molecule has 1 heterocycles. The van der Waals surface area contributed by atoms with Crippen LogP contribution in [0.2, 0.25) is 0 Å². The van der Waals surface area contributed by atoms with E-state index in [0.29, 0.717) is 12.1 Å². The summed E-state index contributed by atoms with van der Waals surface area (Å²) in [5.74, 6) is 0. The molecule has 1 aliphatic rings. The molecular weight excluding hydrogens is 264 g/mol. The number of hydrogen-bond acceptors (Lipinski definition) is 3. The van der Waals surface area contributed by atoms with Crippen LogP contribution in [0.3, 0.4) is 0 Å². The largest absolute Gasteiger partial charge is 0.303 e. The first-order chi connectivity index (χ1) is 9.74. The van der Waals surface area contributed by atoms with E-state index in [2.05, 4.69) is 42.3 Å². The summed E-state index contributed by atoms with van der Waals surface area (Å²) < 4.78 is 0. The number of nitrogens with one attached hydrogen (secondary N) is 1. The van der Waals surface area contributed by atoms with Gasteiger partial charge in [-0.1, -0.05) is 18.2 Å². The molecule has 3 heteroatoms. The van der Waals surface area contributed by atoms with Crippen molar-refractivity contribution >= 4 is 11.3 Å². The highest BCUT2D eigenvalue weighted by Gasteiger charge is 2.15. The lowest BCUT2D eigenvalue weighted by molar-refractivity contribution is 0.498. The fourth-order valence-electron chi connectivity index (χ4n) is 3.02. The molecule has 1 N–H and O–H groups in total. The Hall–Kier alpha value is -1.19. The van der Waals surface area contributed by atoms with Gasteiger partial charge in [0.05, 0.1) is 5.51 Å². The normalized spacial score (nSPS) is 17.5. The Morgan fingerprint density at radius 1 is 1.10 bits per heavy atom. The van der Waals surface area contributed by atoms with Crippen LogP contribution in [0, 0.1) is 0 Å². The minimum atomic E-state index is 0.355. The Morgan fingerprint density at radius 2 is 1.90 bits per heavy atom. The van der Waals surface area contributed by atoms with E-state index in [4.69, 9.17) is 0 Å². The number of benzene rings is 1. The van der Waals surface area contributed by atoms with Crippen molar-refractivity contribution in [1.82, 2.24) is 10.3 Å². The van der Waals surface area contributed by atoms with Crippen molar-refractivity contribution in [2.75, 3.05) is 0 Å². The van der Waals surface area contributed by atoms with E-state index in [1.54, 1.807) is 22.5 Å². The predicted octanol–water partition coefficient (Wildman–Crippen LogP) is 4.43. The molecule has 0 aliphatic heterocycles. The molecule has 20 heavy (non-hydrogen) atoms. The standard InChI is InChI=1S/C17H22N2S/c1-12(19-13(2)17-10-18-11-20-17)15-8-7-14-5-3-4-6-16(14)9-15/h7-13,19H,3-6H2,1-2H3. The maximum absolute atomic E-state index is 4.16. The van der Waals surface area contributed by atoms with Crippen LogP contribution in [-0.4, -0.2) is 4.98 Å². The molecular formula is C17H22N2S. The summed E-state index contributed by atoms with van der Waals surface area (Å²) >= 11 is 1.72. The van der Waals surface area contributed by atoms with Gasteiger partial charge < -0.3 is 5.32 Å². The Kier molecular flexibility index (Phi) is 4.18. The maximum atomic E-state index is 4.16. The van der Waals surface area contributed by atoms with Crippen LogP contribution in [0.1, 0.15) is 60.3 Å². The van der Waals surface area contributed by atoms with Gasteiger partial charge in [0.25, 0.3) is 0 Å². The zero-order valence-electron chi connectivity index (χ0n) is 12.2. The summed E-state index contributed by atoms with van der Waals surface area (Å²) in [5, 5.41) is 3.68. The van der Waals surface area contributed by atoms with Gasteiger partial charge in [-0.2, -0.15) is 0 Å². The predicted molar refractivity (Wildman–Crippen MR) is 85.2 cm³/mol. The number of aromatic nitrogens is 1. The maximum Gasteiger partial charge on any atom is 0.0794 e.